The third kappa shape index (κ3) is 3.00. The van der Waals surface area contributed by atoms with E-state index in [9.17, 15) is 13.2 Å². The van der Waals surface area contributed by atoms with Crippen molar-refractivity contribution in [3.8, 4) is 0 Å². The number of methoxy groups -OCH3 is 1. The highest BCUT2D eigenvalue weighted by Gasteiger charge is 2.43. The van der Waals surface area contributed by atoms with E-state index in [0.717, 1.165) is 32.4 Å². The molecule has 7 heteroatoms. The molecule has 2 aliphatic rings. The highest BCUT2D eigenvalue weighted by atomic mass is 32.2. The number of sulfonamides is 1. The largest absolute Gasteiger partial charge is 0.465 e. The molecule has 2 aliphatic heterocycles. The number of likely N-dealkylation sites (tertiary alicyclic amines) is 1. The van der Waals surface area contributed by atoms with Gasteiger partial charge in [-0.3, -0.25) is 0 Å². The van der Waals surface area contributed by atoms with Crippen LogP contribution in [0.1, 0.15) is 29.6 Å². The molecule has 126 valence electrons. The lowest BCUT2D eigenvalue weighted by Crippen LogP contribution is -2.42. The van der Waals surface area contributed by atoms with E-state index < -0.39 is 16.0 Å². The minimum absolute atomic E-state index is 0.0396. The first kappa shape index (κ1) is 16.4. The number of hydrogen-bond donors (Lipinski definition) is 0. The van der Waals surface area contributed by atoms with Crippen LogP contribution in [0.4, 0.5) is 0 Å². The Hall–Kier alpha value is -1.44. The maximum Gasteiger partial charge on any atom is 0.337 e. The van der Waals surface area contributed by atoms with Gasteiger partial charge in [-0.05, 0) is 57.1 Å². The van der Waals surface area contributed by atoms with Crippen LogP contribution in [0.15, 0.2) is 29.2 Å². The van der Waals surface area contributed by atoms with Gasteiger partial charge in [-0.1, -0.05) is 0 Å². The van der Waals surface area contributed by atoms with Crippen molar-refractivity contribution in [1.29, 1.82) is 0 Å². The summed E-state index contributed by atoms with van der Waals surface area (Å²) in [6, 6.07) is 6.12. The van der Waals surface area contributed by atoms with Crippen LogP contribution in [-0.2, 0) is 14.8 Å². The van der Waals surface area contributed by atoms with E-state index in [0.29, 0.717) is 5.56 Å². The number of carbonyl (C=O) groups excluding carboxylic acids is 1. The number of ether oxygens (including phenoxy) is 1. The van der Waals surface area contributed by atoms with Gasteiger partial charge in [-0.15, -0.1) is 0 Å². The Morgan fingerprint density at radius 3 is 2.43 bits per heavy atom. The second-order valence-corrected chi connectivity index (χ2v) is 8.13. The van der Waals surface area contributed by atoms with Crippen LogP contribution < -0.4 is 0 Å². The molecular formula is C16H22N2O4S. The van der Waals surface area contributed by atoms with Crippen LogP contribution in [0.3, 0.4) is 0 Å². The Morgan fingerprint density at radius 2 is 1.78 bits per heavy atom. The van der Waals surface area contributed by atoms with Gasteiger partial charge in [0.25, 0.3) is 0 Å². The summed E-state index contributed by atoms with van der Waals surface area (Å²) in [7, 11) is -0.197. The predicted molar refractivity (Wildman–Crippen MR) is 85.7 cm³/mol. The highest BCUT2D eigenvalue weighted by molar-refractivity contribution is 7.89. The fourth-order valence-electron chi connectivity index (χ4n) is 3.60. The Morgan fingerprint density at radius 1 is 1.13 bits per heavy atom. The number of esters is 1. The average Bonchev–Trinajstić information content (AvgIpc) is 2.86. The second kappa shape index (κ2) is 6.22. The fraction of sp³-hybridized carbons (Fsp3) is 0.562. The Labute approximate surface area is 137 Å². The van der Waals surface area contributed by atoms with E-state index in [4.69, 9.17) is 0 Å². The van der Waals surface area contributed by atoms with Crippen LogP contribution in [0, 0.1) is 0 Å². The number of likely N-dealkylation sites (N-methyl/N-ethyl adjacent to an activating group) is 1. The summed E-state index contributed by atoms with van der Waals surface area (Å²) in [5, 5.41) is 0. The van der Waals surface area contributed by atoms with Crippen molar-refractivity contribution in [2.24, 2.45) is 0 Å². The predicted octanol–water partition coefficient (Wildman–Crippen LogP) is 1.33. The Kier molecular flexibility index (Phi) is 4.44. The lowest BCUT2D eigenvalue weighted by molar-refractivity contribution is 0.0600. The summed E-state index contributed by atoms with van der Waals surface area (Å²) in [6.07, 6.45) is 2.71. The Bertz CT molecular complexity index is 687. The van der Waals surface area contributed by atoms with Gasteiger partial charge in [0.1, 0.15) is 0 Å². The first-order valence-electron chi connectivity index (χ1n) is 7.84. The van der Waals surface area contributed by atoms with Gasteiger partial charge < -0.3 is 9.64 Å². The molecule has 23 heavy (non-hydrogen) atoms. The topological polar surface area (TPSA) is 66.9 Å². The fourth-order valence-corrected chi connectivity index (χ4v) is 5.49. The summed E-state index contributed by atoms with van der Waals surface area (Å²) >= 11 is 0. The van der Waals surface area contributed by atoms with Crippen molar-refractivity contribution >= 4 is 16.0 Å². The third-order valence-corrected chi connectivity index (χ3v) is 6.79. The Balaban J connectivity index is 1.90. The number of nitrogens with zero attached hydrogens (tertiary/aromatic N) is 2. The van der Waals surface area contributed by atoms with E-state index in [1.165, 1.54) is 31.4 Å². The minimum atomic E-state index is -3.54. The molecule has 1 aromatic rings. The van der Waals surface area contributed by atoms with Crippen LogP contribution >= 0.6 is 0 Å². The molecule has 2 atom stereocenters. The van der Waals surface area contributed by atoms with Crippen molar-refractivity contribution in [2.45, 2.75) is 36.2 Å². The number of fused-ring (bicyclic) bond motifs is 2. The van der Waals surface area contributed by atoms with Crippen LogP contribution in [0.25, 0.3) is 0 Å². The minimum Gasteiger partial charge on any atom is -0.465 e. The molecule has 2 heterocycles. The molecule has 0 amide bonds. The molecule has 1 aromatic carbocycles. The van der Waals surface area contributed by atoms with E-state index in [1.807, 2.05) is 7.05 Å². The molecule has 0 aromatic heterocycles. The van der Waals surface area contributed by atoms with Gasteiger partial charge in [0.15, 0.2) is 0 Å². The zero-order chi connectivity index (χ0) is 16.6. The number of carbonyl (C=O) groups is 1. The second-order valence-electron chi connectivity index (χ2n) is 6.29. The molecule has 0 aliphatic carbocycles. The van der Waals surface area contributed by atoms with Gasteiger partial charge in [-0.25, -0.2) is 13.2 Å². The summed E-state index contributed by atoms with van der Waals surface area (Å²) in [5.74, 6) is -0.467. The summed E-state index contributed by atoms with van der Waals surface area (Å²) < 4.78 is 32.4. The summed E-state index contributed by atoms with van der Waals surface area (Å²) in [5.41, 5.74) is 0.352. The molecule has 2 saturated heterocycles. The third-order valence-electron chi connectivity index (χ3n) is 4.77. The molecular weight excluding hydrogens is 316 g/mol. The quantitative estimate of drug-likeness (QED) is 0.778. The number of rotatable bonds is 3. The maximum atomic E-state index is 13.0. The molecule has 2 bridgehead atoms. The van der Waals surface area contributed by atoms with Crippen molar-refractivity contribution in [3.05, 3.63) is 29.8 Å². The summed E-state index contributed by atoms with van der Waals surface area (Å²) in [6.45, 7) is 1.70. The lowest BCUT2D eigenvalue weighted by atomic mass is 10.1. The molecule has 3 rings (SSSR count). The first-order chi connectivity index (χ1) is 10.9. The van der Waals surface area contributed by atoms with E-state index >= 15 is 0 Å². The summed E-state index contributed by atoms with van der Waals surface area (Å²) in [4.78, 5) is 13.9. The molecule has 0 N–H and O–H groups in total. The van der Waals surface area contributed by atoms with E-state index in [-0.39, 0.29) is 17.0 Å². The number of hydrogen-bond acceptors (Lipinski definition) is 5. The zero-order valence-electron chi connectivity index (χ0n) is 13.4. The number of benzene rings is 1. The van der Waals surface area contributed by atoms with Crippen molar-refractivity contribution in [3.63, 3.8) is 0 Å². The van der Waals surface area contributed by atoms with Crippen molar-refractivity contribution in [2.75, 3.05) is 27.2 Å². The van der Waals surface area contributed by atoms with E-state index in [1.54, 1.807) is 4.31 Å². The van der Waals surface area contributed by atoms with Gasteiger partial charge in [-0.2, -0.15) is 4.31 Å². The van der Waals surface area contributed by atoms with E-state index in [2.05, 4.69) is 9.64 Å². The maximum absolute atomic E-state index is 13.0. The molecule has 0 radical (unpaired) electrons. The first-order valence-corrected chi connectivity index (χ1v) is 9.28. The van der Waals surface area contributed by atoms with Gasteiger partial charge >= 0.3 is 5.97 Å². The average molecular weight is 338 g/mol. The van der Waals surface area contributed by atoms with Crippen LogP contribution in [0.5, 0.6) is 0 Å². The van der Waals surface area contributed by atoms with Crippen LogP contribution in [-0.4, -0.2) is 62.9 Å². The van der Waals surface area contributed by atoms with Gasteiger partial charge in [0.05, 0.1) is 17.6 Å². The smallest absolute Gasteiger partial charge is 0.337 e. The lowest BCUT2D eigenvalue weighted by Gasteiger charge is -2.27. The molecule has 0 unspecified atom stereocenters. The molecule has 6 nitrogen and oxygen atoms in total. The van der Waals surface area contributed by atoms with Gasteiger partial charge in [0.2, 0.25) is 10.0 Å². The van der Waals surface area contributed by atoms with Crippen molar-refractivity contribution in [1.82, 2.24) is 9.21 Å². The molecule has 0 spiro atoms. The molecule has 0 saturated carbocycles. The normalized spacial score (nSPS) is 26.0. The SMILES string of the molecule is COC(=O)c1ccc(S(=O)(=O)N2[C@@H]3CC[C@H]2CN(C)CC3)cc1. The zero-order valence-corrected chi connectivity index (χ0v) is 14.3. The standard InChI is InChI=1S/C16H22N2O4S/c1-17-10-9-13-5-6-14(11-17)18(13)23(20,21)15-7-3-12(4-8-15)16(19)22-2/h3-4,7-8,13-14H,5-6,9-11H2,1-2H3/t13-,14+/m1/s1. The monoisotopic (exact) mass is 338 g/mol. The molecule has 2 fully saturated rings. The highest BCUT2D eigenvalue weighted by Crippen LogP contribution is 2.35. The van der Waals surface area contributed by atoms with Crippen LogP contribution in [0.2, 0.25) is 0 Å². The van der Waals surface area contributed by atoms with Gasteiger partial charge in [0, 0.05) is 18.6 Å². The van der Waals surface area contributed by atoms with Crippen molar-refractivity contribution < 1.29 is 17.9 Å².